The van der Waals surface area contributed by atoms with Crippen molar-refractivity contribution in [3.8, 4) is 0 Å². The second kappa shape index (κ2) is 10.8. The minimum absolute atomic E-state index is 0.0357. The number of carbonyl (C=O) groups excluding carboxylic acids is 1. The summed E-state index contributed by atoms with van der Waals surface area (Å²) in [4.78, 5) is 43.8. The monoisotopic (exact) mass is 502 g/mol. The summed E-state index contributed by atoms with van der Waals surface area (Å²) in [6, 6.07) is 1.01. The van der Waals surface area contributed by atoms with Crippen molar-refractivity contribution in [2.45, 2.75) is 95.2 Å². The summed E-state index contributed by atoms with van der Waals surface area (Å²) in [5.74, 6) is 1.95. The molecule has 0 atom stereocenters. The van der Waals surface area contributed by atoms with E-state index in [2.05, 4.69) is 10.3 Å². The van der Waals surface area contributed by atoms with Gasteiger partial charge in [0.1, 0.15) is 11.5 Å². The van der Waals surface area contributed by atoms with Crippen molar-refractivity contribution < 1.29 is 9.18 Å². The van der Waals surface area contributed by atoms with E-state index in [0.717, 1.165) is 56.2 Å². The number of pyridine rings is 1. The van der Waals surface area contributed by atoms with E-state index in [-0.39, 0.29) is 35.1 Å². The number of aromatic nitrogens is 3. The van der Waals surface area contributed by atoms with Crippen LogP contribution in [0.3, 0.4) is 0 Å². The van der Waals surface area contributed by atoms with Gasteiger partial charge in [0, 0.05) is 24.5 Å². The van der Waals surface area contributed by atoms with E-state index < -0.39 is 11.4 Å². The van der Waals surface area contributed by atoms with Crippen molar-refractivity contribution in [1.29, 1.82) is 0 Å². The van der Waals surface area contributed by atoms with Crippen molar-refractivity contribution in [1.82, 2.24) is 19.4 Å². The summed E-state index contributed by atoms with van der Waals surface area (Å²) in [5, 5.41) is 3.37. The Kier molecular flexibility index (Phi) is 7.60. The Morgan fingerprint density at radius 3 is 2.37 bits per heavy atom. The molecule has 2 aliphatic carbocycles. The molecule has 1 amide bonds. The Balaban J connectivity index is 1.35. The molecule has 0 radical (unpaired) electrons. The molecule has 35 heavy (non-hydrogen) atoms. The van der Waals surface area contributed by atoms with Gasteiger partial charge in [-0.1, -0.05) is 19.3 Å². The summed E-state index contributed by atoms with van der Waals surface area (Å²) in [6.45, 7) is 0. The third kappa shape index (κ3) is 5.34. The topological polar surface area (TPSA) is 86.0 Å². The van der Waals surface area contributed by atoms with E-state index in [9.17, 15) is 18.8 Å². The molecule has 1 saturated heterocycles. The fourth-order valence-corrected chi connectivity index (χ4v) is 7.30. The van der Waals surface area contributed by atoms with Crippen LogP contribution in [0.15, 0.2) is 21.9 Å². The summed E-state index contributed by atoms with van der Waals surface area (Å²) < 4.78 is 17.1. The average Bonchev–Trinajstić information content (AvgIpc) is 2.87. The van der Waals surface area contributed by atoms with Crippen LogP contribution in [0.2, 0.25) is 0 Å². The van der Waals surface area contributed by atoms with E-state index in [4.69, 9.17) is 0 Å². The lowest BCUT2D eigenvalue weighted by Gasteiger charge is -2.32. The lowest BCUT2D eigenvalue weighted by molar-refractivity contribution is -0.123. The zero-order valence-corrected chi connectivity index (χ0v) is 21.0. The molecule has 0 bridgehead atoms. The normalized spacial score (nSPS) is 24.5. The molecule has 2 aromatic rings. The van der Waals surface area contributed by atoms with Crippen LogP contribution in [-0.4, -0.2) is 37.6 Å². The maximum Gasteiger partial charge on any atom is 0.333 e. The number of nitrogens with zero attached hydrogens (tertiary/aromatic N) is 3. The minimum Gasteiger partial charge on any atom is -0.353 e. The van der Waals surface area contributed by atoms with Gasteiger partial charge in [0.05, 0.1) is 11.6 Å². The van der Waals surface area contributed by atoms with Crippen LogP contribution >= 0.6 is 11.8 Å². The number of fused-ring (bicyclic) bond motifs is 1. The number of amides is 1. The molecule has 190 valence electrons. The minimum atomic E-state index is -0.574. The van der Waals surface area contributed by atoms with Gasteiger partial charge >= 0.3 is 5.69 Å². The van der Waals surface area contributed by atoms with Crippen LogP contribution in [0.1, 0.15) is 89.1 Å². The lowest BCUT2D eigenvalue weighted by Crippen LogP contribution is -2.46. The van der Waals surface area contributed by atoms with Gasteiger partial charge in [-0.15, -0.1) is 0 Å². The molecule has 0 unspecified atom stereocenters. The first-order chi connectivity index (χ1) is 17.0. The van der Waals surface area contributed by atoms with E-state index in [1.807, 2.05) is 11.8 Å². The first kappa shape index (κ1) is 24.5. The smallest absolute Gasteiger partial charge is 0.333 e. The average molecular weight is 503 g/mol. The quantitative estimate of drug-likeness (QED) is 0.658. The van der Waals surface area contributed by atoms with Crippen LogP contribution in [-0.2, 0) is 4.79 Å². The van der Waals surface area contributed by atoms with Gasteiger partial charge in [0.15, 0.2) is 0 Å². The van der Waals surface area contributed by atoms with E-state index in [1.165, 1.54) is 29.9 Å². The zero-order chi connectivity index (χ0) is 24.4. The molecule has 7 nitrogen and oxygen atoms in total. The largest absolute Gasteiger partial charge is 0.353 e. The predicted octanol–water partition coefficient (Wildman–Crippen LogP) is 4.34. The fraction of sp³-hybridized carbons (Fsp3) is 0.692. The molecule has 1 aliphatic heterocycles. The second-order valence-corrected chi connectivity index (χ2v) is 11.7. The van der Waals surface area contributed by atoms with Crippen LogP contribution in [0.5, 0.6) is 0 Å². The third-order valence-corrected chi connectivity index (χ3v) is 9.15. The standard InChI is InChI=1S/C26H35FN4O3S/c27-18-15-22-24(28-16-18)30(21-10-12-35-13-11-21)26(34)31(25(22)33)20-8-6-19(7-9-20)29-23(32)14-17-4-2-1-3-5-17/h15-17,19-21H,1-14H2,(H,29,32). The Morgan fingerprint density at radius 2 is 1.66 bits per heavy atom. The highest BCUT2D eigenvalue weighted by molar-refractivity contribution is 7.99. The summed E-state index contributed by atoms with van der Waals surface area (Å²) in [7, 11) is 0. The predicted molar refractivity (Wildman–Crippen MR) is 136 cm³/mol. The van der Waals surface area contributed by atoms with Crippen molar-refractivity contribution in [2.75, 3.05) is 11.5 Å². The Morgan fingerprint density at radius 1 is 0.971 bits per heavy atom. The van der Waals surface area contributed by atoms with E-state index in [0.29, 0.717) is 30.8 Å². The van der Waals surface area contributed by atoms with Gasteiger partial charge in [-0.05, 0) is 74.9 Å². The van der Waals surface area contributed by atoms with Gasteiger partial charge in [0.2, 0.25) is 5.91 Å². The Bertz CT molecular complexity index is 1180. The van der Waals surface area contributed by atoms with Crippen LogP contribution in [0, 0.1) is 11.7 Å². The van der Waals surface area contributed by atoms with Crippen molar-refractivity contribution in [2.24, 2.45) is 5.92 Å². The number of carbonyl (C=O) groups is 1. The number of thioether (sulfide) groups is 1. The highest BCUT2D eigenvalue weighted by Gasteiger charge is 2.30. The second-order valence-electron chi connectivity index (χ2n) is 10.5. The molecule has 2 saturated carbocycles. The maximum absolute atomic E-state index is 14.1. The van der Waals surface area contributed by atoms with Crippen molar-refractivity contribution >= 4 is 28.7 Å². The first-order valence-corrected chi connectivity index (χ1v) is 14.4. The molecule has 9 heteroatoms. The van der Waals surface area contributed by atoms with Crippen LogP contribution in [0.4, 0.5) is 4.39 Å². The van der Waals surface area contributed by atoms with Gasteiger partial charge in [-0.3, -0.25) is 18.7 Å². The van der Waals surface area contributed by atoms with Gasteiger partial charge in [-0.25, -0.2) is 14.2 Å². The highest BCUT2D eigenvalue weighted by Crippen LogP contribution is 2.31. The molecule has 2 aromatic heterocycles. The Hall–Kier alpha value is -2.16. The molecule has 3 aliphatic rings. The molecule has 1 N–H and O–H groups in total. The number of nitrogens with one attached hydrogen (secondary N) is 1. The number of hydrogen-bond acceptors (Lipinski definition) is 5. The lowest BCUT2D eigenvalue weighted by atomic mass is 9.86. The molecular weight excluding hydrogens is 467 g/mol. The van der Waals surface area contributed by atoms with Gasteiger partial charge in [-0.2, -0.15) is 11.8 Å². The Labute approximate surface area is 208 Å². The van der Waals surface area contributed by atoms with Gasteiger partial charge in [0.25, 0.3) is 5.56 Å². The number of hydrogen-bond donors (Lipinski definition) is 1. The molecule has 3 fully saturated rings. The summed E-state index contributed by atoms with van der Waals surface area (Å²) >= 11 is 1.86. The number of halogens is 1. The van der Waals surface area contributed by atoms with Crippen LogP contribution in [0.25, 0.3) is 11.0 Å². The molecule has 3 heterocycles. The van der Waals surface area contributed by atoms with Crippen molar-refractivity contribution in [3.63, 3.8) is 0 Å². The van der Waals surface area contributed by atoms with Crippen molar-refractivity contribution in [3.05, 3.63) is 38.9 Å². The molecule has 0 aromatic carbocycles. The fourth-order valence-electron chi connectivity index (χ4n) is 6.22. The summed E-state index contributed by atoms with van der Waals surface area (Å²) in [6.07, 6.45) is 12.1. The zero-order valence-electron chi connectivity index (χ0n) is 20.2. The SMILES string of the molecule is O=C(CC1CCCCC1)NC1CCC(n2c(=O)c3cc(F)cnc3n(C3CCSCC3)c2=O)CC1. The highest BCUT2D eigenvalue weighted by atomic mass is 32.2. The first-order valence-electron chi connectivity index (χ1n) is 13.2. The molecule has 5 rings (SSSR count). The molecular formula is C26H35FN4O3S. The van der Waals surface area contributed by atoms with Gasteiger partial charge < -0.3 is 5.32 Å². The van der Waals surface area contributed by atoms with Crippen LogP contribution < -0.4 is 16.6 Å². The third-order valence-electron chi connectivity index (χ3n) is 8.10. The van der Waals surface area contributed by atoms with E-state index >= 15 is 0 Å². The maximum atomic E-state index is 14.1. The summed E-state index contributed by atoms with van der Waals surface area (Å²) in [5.41, 5.74) is -0.496. The number of rotatable bonds is 5. The van der Waals surface area contributed by atoms with E-state index in [1.54, 1.807) is 4.57 Å². The molecule has 0 spiro atoms.